The number of benzene rings is 2. The Bertz CT molecular complexity index is 1080. The second-order valence-corrected chi connectivity index (χ2v) is 12.3. The summed E-state index contributed by atoms with van der Waals surface area (Å²) in [4.78, 5) is 13.4. The first-order valence-electron chi connectivity index (χ1n) is 12.4. The lowest BCUT2D eigenvalue weighted by atomic mass is 9.64. The van der Waals surface area contributed by atoms with Crippen molar-refractivity contribution < 1.29 is 22.7 Å². The fraction of sp³-hybridized carbons (Fsp3) is 0.536. The number of hydrogen-bond acceptors (Lipinski definition) is 5. The zero-order chi connectivity index (χ0) is 25.8. The predicted molar refractivity (Wildman–Crippen MR) is 137 cm³/mol. The van der Waals surface area contributed by atoms with Gasteiger partial charge in [0.05, 0.1) is 11.0 Å². The first kappa shape index (κ1) is 27.4. The summed E-state index contributed by atoms with van der Waals surface area (Å²) in [5.74, 6) is -0.204. The maximum absolute atomic E-state index is 13.4. The molecule has 6 nitrogen and oxygen atoms in total. The van der Waals surface area contributed by atoms with Crippen LogP contribution in [0.25, 0.3) is 0 Å². The van der Waals surface area contributed by atoms with Gasteiger partial charge in [-0.15, -0.1) is 0 Å². The standard InChI is InChI=1S/C28H39NO5S/c1-19(2)33-26(29-35(31,32)23-15-12-20(3)13-16-23)27(30)34-25-18-21(4)14-17-24(25)28(5,6)22-10-8-7-9-11-22/h7-13,15-16,19,21,24-26,29H,14,17-18H2,1-6H3/t21-,24-,25-,26-/m1/s1. The molecular weight excluding hydrogens is 462 g/mol. The lowest BCUT2D eigenvalue weighted by Gasteiger charge is -2.44. The van der Waals surface area contributed by atoms with E-state index in [-0.39, 0.29) is 28.4 Å². The van der Waals surface area contributed by atoms with Crippen LogP contribution < -0.4 is 4.72 Å². The van der Waals surface area contributed by atoms with E-state index in [1.54, 1.807) is 26.0 Å². The van der Waals surface area contributed by atoms with Crippen LogP contribution >= 0.6 is 0 Å². The van der Waals surface area contributed by atoms with Gasteiger partial charge in [-0.05, 0) is 62.6 Å². The number of rotatable bonds is 9. The van der Waals surface area contributed by atoms with Gasteiger partial charge in [0.1, 0.15) is 6.10 Å². The minimum atomic E-state index is -3.98. The lowest BCUT2D eigenvalue weighted by Crippen LogP contribution is -2.49. The minimum absolute atomic E-state index is 0.0719. The van der Waals surface area contributed by atoms with Crippen molar-refractivity contribution in [2.45, 2.75) is 89.6 Å². The molecule has 0 bridgehead atoms. The van der Waals surface area contributed by atoms with Gasteiger partial charge in [-0.1, -0.05) is 75.2 Å². The number of ether oxygens (including phenoxy) is 2. The summed E-state index contributed by atoms with van der Waals surface area (Å²) >= 11 is 0. The average molecular weight is 502 g/mol. The molecule has 1 N–H and O–H groups in total. The molecule has 0 amide bonds. The molecule has 192 valence electrons. The van der Waals surface area contributed by atoms with Crippen molar-refractivity contribution in [2.75, 3.05) is 0 Å². The first-order valence-corrected chi connectivity index (χ1v) is 13.9. The summed E-state index contributed by atoms with van der Waals surface area (Å²) in [6.07, 6.45) is 0.552. The fourth-order valence-electron chi connectivity index (χ4n) is 4.91. The maximum atomic E-state index is 13.4. The van der Waals surface area contributed by atoms with Gasteiger partial charge in [0.15, 0.2) is 0 Å². The Morgan fingerprint density at radius 3 is 2.26 bits per heavy atom. The van der Waals surface area contributed by atoms with Crippen molar-refractivity contribution in [3.8, 4) is 0 Å². The molecule has 1 saturated carbocycles. The molecule has 1 aliphatic carbocycles. The van der Waals surface area contributed by atoms with Crippen LogP contribution in [0.2, 0.25) is 0 Å². The summed E-state index contributed by atoms with van der Waals surface area (Å²) in [5.41, 5.74) is 1.91. The topological polar surface area (TPSA) is 81.7 Å². The van der Waals surface area contributed by atoms with Gasteiger partial charge in [-0.2, -0.15) is 4.72 Å². The molecule has 0 spiro atoms. The third-order valence-corrected chi connectivity index (χ3v) is 8.40. The van der Waals surface area contributed by atoms with E-state index in [1.807, 2.05) is 25.1 Å². The Kier molecular flexibility index (Phi) is 8.78. The minimum Gasteiger partial charge on any atom is -0.459 e. The first-order chi connectivity index (χ1) is 16.4. The van der Waals surface area contributed by atoms with E-state index in [9.17, 15) is 13.2 Å². The highest BCUT2D eigenvalue weighted by Crippen LogP contribution is 2.43. The van der Waals surface area contributed by atoms with Crippen LogP contribution in [0.3, 0.4) is 0 Å². The van der Waals surface area contributed by atoms with E-state index in [2.05, 4.69) is 37.6 Å². The van der Waals surface area contributed by atoms with Crippen LogP contribution in [0.5, 0.6) is 0 Å². The highest BCUT2D eigenvalue weighted by molar-refractivity contribution is 7.89. The van der Waals surface area contributed by atoms with Crippen molar-refractivity contribution in [1.82, 2.24) is 4.72 Å². The van der Waals surface area contributed by atoms with Crippen molar-refractivity contribution in [2.24, 2.45) is 11.8 Å². The van der Waals surface area contributed by atoms with Gasteiger partial charge in [0.25, 0.3) is 0 Å². The number of hydrogen-bond donors (Lipinski definition) is 1. The van der Waals surface area contributed by atoms with Gasteiger partial charge >= 0.3 is 5.97 Å². The molecule has 1 fully saturated rings. The van der Waals surface area contributed by atoms with E-state index in [1.165, 1.54) is 17.7 Å². The van der Waals surface area contributed by atoms with Crippen molar-refractivity contribution in [3.05, 3.63) is 65.7 Å². The van der Waals surface area contributed by atoms with Crippen LogP contribution in [0.4, 0.5) is 0 Å². The normalized spacial score (nSPS) is 22.1. The Balaban J connectivity index is 1.83. The summed E-state index contributed by atoms with van der Waals surface area (Å²) in [5, 5.41) is 0. The van der Waals surface area contributed by atoms with Gasteiger partial charge in [-0.25, -0.2) is 13.2 Å². The summed E-state index contributed by atoms with van der Waals surface area (Å²) in [7, 11) is -3.98. The molecule has 1 aliphatic rings. The quantitative estimate of drug-likeness (QED) is 0.370. The number of sulfonamides is 1. The van der Waals surface area contributed by atoms with E-state index in [4.69, 9.17) is 9.47 Å². The van der Waals surface area contributed by atoms with Crippen molar-refractivity contribution >= 4 is 16.0 Å². The maximum Gasteiger partial charge on any atom is 0.351 e. The number of esters is 1. The smallest absolute Gasteiger partial charge is 0.351 e. The summed E-state index contributed by atoms with van der Waals surface area (Å²) in [6, 6.07) is 16.7. The summed E-state index contributed by atoms with van der Waals surface area (Å²) in [6.45, 7) is 11.9. The number of nitrogens with one attached hydrogen (secondary N) is 1. The predicted octanol–water partition coefficient (Wildman–Crippen LogP) is 5.35. The molecule has 4 atom stereocenters. The second-order valence-electron chi connectivity index (χ2n) is 10.6. The molecule has 35 heavy (non-hydrogen) atoms. The lowest BCUT2D eigenvalue weighted by molar-refractivity contribution is -0.173. The summed E-state index contributed by atoms with van der Waals surface area (Å²) < 4.78 is 40.2. The fourth-order valence-corrected chi connectivity index (χ4v) is 5.97. The highest BCUT2D eigenvalue weighted by Gasteiger charge is 2.43. The molecule has 2 aromatic rings. The molecule has 0 aliphatic heterocycles. The monoisotopic (exact) mass is 501 g/mol. The van der Waals surface area contributed by atoms with Crippen molar-refractivity contribution in [1.29, 1.82) is 0 Å². The average Bonchev–Trinajstić information content (AvgIpc) is 2.79. The van der Waals surface area contributed by atoms with E-state index >= 15 is 0 Å². The molecular formula is C28H39NO5S. The zero-order valence-corrected chi connectivity index (χ0v) is 22.5. The third kappa shape index (κ3) is 6.93. The van der Waals surface area contributed by atoms with Crippen molar-refractivity contribution in [3.63, 3.8) is 0 Å². The molecule has 0 saturated heterocycles. The van der Waals surface area contributed by atoms with E-state index < -0.39 is 22.2 Å². The number of carbonyl (C=O) groups is 1. The van der Waals surface area contributed by atoms with Crippen LogP contribution in [0.1, 0.15) is 65.0 Å². The second kappa shape index (κ2) is 11.2. The van der Waals surface area contributed by atoms with E-state index in [0.717, 1.165) is 24.8 Å². The van der Waals surface area contributed by atoms with Crippen LogP contribution in [-0.2, 0) is 29.7 Å². The van der Waals surface area contributed by atoms with Gasteiger partial charge in [0.2, 0.25) is 16.3 Å². The Morgan fingerprint density at radius 1 is 1.03 bits per heavy atom. The number of aryl methyl sites for hydroxylation is 1. The highest BCUT2D eigenvalue weighted by atomic mass is 32.2. The molecule has 3 rings (SSSR count). The van der Waals surface area contributed by atoms with Crippen LogP contribution in [0.15, 0.2) is 59.5 Å². The van der Waals surface area contributed by atoms with E-state index in [0.29, 0.717) is 5.92 Å². The number of carbonyl (C=O) groups excluding carboxylic acids is 1. The van der Waals surface area contributed by atoms with Gasteiger partial charge < -0.3 is 9.47 Å². The Morgan fingerprint density at radius 2 is 1.66 bits per heavy atom. The molecule has 2 aromatic carbocycles. The SMILES string of the molecule is Cc1ccc(S(=O)(=O)N[C@H](OC(C)C)C(=O)O[C@@H]2C[C@H](C)CC[C@H]2C(C)(C)c2ccccc2)cc1. The Labute approximate surface area is 210 Å². The molecule has 0 unspecified atom stereocenters. The largest absolute Gasteiger partial charge is 0.459 e. The molecule has 0 radical (unpaired) electrons. The van der Waals surface area contributed by atoms with Gasteiger partial charge in [-0.3, -0.25) is 0 Å². The third-order valence-electron chi connectivity index (χ3n) is 6.98. The molecule has 7 heteroatoms. The zero-order valence-electron chi connectivity index (χ0n) is 21.7. The van der Waals surface area contributed by atoms with Crippen LogP contribution in [-0.4, -0.2) is 32.8 Å². The van der Waals surface area contributed by atoms with Crippen LogP contribution in [0, 0.1) is 18.8 Å². The molecule has 0 aromatic heterocycles. The van der Waals surface area contributed by atoms with Gasteiger partial charge in [0, 0.05) is 5.92 Å². The molecule has 0 heterocycles. The Hall–Kier alpha value is -2.22.